The van der Waals surface area contributed by atoms with Crippen molar-refractivity contribution < 1.29 is 18.4 Å². The monoisotopic (exact) mass is 410 g/mol. The zero-order valence-corrected chi connectivity index (χ0v) is 17.3. The Hall–Kier alpha value is -3.55. The molecule has 0 bridgehead atoms. The van der Waals surface area contributed by atoms with Gasteiger partial charge in [-0.1, -0.05) is 13.0 Å². The molecular weight excluding hydrogens is 387 g/mol. The first-order chi connectivity index (χ1) is 14.3. The normalized spacial score (nSPS) is 10.7. The minimum atomic E-state index is -0.580. The first-order valence-electron chi connectivity index (χ1n) is 9.53. The fourth-order valence-electron chi connectivity index (χ4n) is 2.96. The van der Waals surface area contributed by atoms with E-state index in [0.717, 1.165) is 17.0 Å². The maximum Gasteiger partial charge on any atom is 0.288 e. The quantitative estimate of drug-likeness (QED) is 0.668. The molecule has 156 valence electrons. The lowest BCUT2D eigenvalue weighted by Gasteiger charge is -2.17. The van der Waals surface area contributed by atoms with Gasteiger partial charge in [0.15, 0.2) is 0 Å². The van der Waals surface area contributed by atoms with Crippen LogP contribution in [0.3, 0.4) is 0 Å². The van der Waals surface area contributed by atoms with Gasteiger partial charge in [0.25, 0.3) is 5.91 Å². The number of oxazole rings is 1. The van der Waals surface area contributed by atoms with Crippen LogP contribution < -0.4 is 10.2 Å². The third-order valence-electron chi connectivity index (χ3n) is 4.74. The molecule has 3 rings (SSSR count). The summed E-state index contributed by atoms with van der Waals surface area (Å²) in [6, 6.07) is 8.09. The molecule has 0 aliphatic heterocycles. The van der Waals surface area contributed by atoms with E-state index in [0.29, 0.717) is 12.1 Å². The van der Waals surface area contributed by atoms with Crippen LogP contribution in [-0.2, 0) is 11.3 Å². The van der Waals surface area contributed by atoms with E-state index in [-0.39, 0.29) is 29.7 Å². The molecule has 0 saturated heterocycles. The van der Waals surface area contributed by atoms with Crippen molar-refractivity contribution in [2.45, 2.75) is 33.7 Å². The average Bonchev–Trinajstić information content (AvgIpc) is 3.22. The standard InChI is InChI=1S/C22H23FN4O3/c1-5-20(28)27(4)18-9-8-15(10-17(18)23)22-25-12-19(30-22)21(29)24-11-16-7-6-13(2)26-14(16)3/h6-10,12H,5,11H2,1-4H3,(H,24,29). The van der Waals surface area contributed by atoms with E-state index < -0.39 is 11.7 Å². The first-order valence-corrected chi connectivity index (χ1v) is 9.53. The summed E-state index contributed by atoms with van der Waals surface area (Å²) in [5.74, 6) is -1.08. The summed E-state index contributed by atoms with van der Waals surface area (Å²) in [6.45, 7) is 5.79. The SMILES string of the molecule is CCC(=O)N(C)c1ccc(-c2ncc(C(=O)NCc3ccc(C)nc3C)o2)cc1F. The molecule has 0 fully saturated rings. The summed E-state index contributed by atoms with van der Waals surface area (Å²) in [5, 5.41) is 2.76. The van der Waals surface area contributed by atoms with Gasteiger partial charge in [-0.2, -0.15) is 0 Å². The lowest BCUT2D eigenvalue weighted by Crippen LogP contribution is -2.25. The highest BCUT2D eigenvalue weighted by Gasteiger charge is 2.17. The zero-order valence-electron chi connectivity index (χ0n) is 17.3. The number of carbonyl (C=O) groups is 2. The van der Waals surface area contributed by atoms with Crippen LogP contribution in [0, 0.1) is 19.7 Å². The molecule has 30 heavy (non-hydrogen) atoms. The number of amides is 2. The largest absolute Gasteiger partial charge is 0.431 e. The van der Waals surface area contributed by atoms with Crippen LogP contribution in [0.5, 0.6) is 0 Å². The van der Waals surface area contributed by atoms with Gasteiger partial charge in [-0.05, 0) is 43.7 Å². The van der Waals surface area contributed by atoms with Crippen molar-refractivity contribution in [3.05, 3.63) is 65.1 Å². The summed E-state index contributed by atoms with van der Waals surface area (Å²) in [4.78, 5) is 33.9. The fourth-order valence-corrected chi connectivity index (χ4v) is 2.96. The highest BCUT2D eigenvalue weighted by Crippen LogP contribution is 2.26. The number of halogens is 1. The number of rotatable bonds is 6. The maximum absolute atomic E-state index is 14.5. The Morgan fingerprint density at radius 2 is 1.97 bits per heavy atom. The van der Waals surface area contributed by atoms with Gasteiger partial charge in [0.1, 0.15) is 5.82 Å². The molecule has 7 nitrogen and oxygen atoms in total. The molecule has 0 atom stereocenters. The number of anilines is 1. The molecule has 3 aromatic rings. The molecule has 0 spiro atoms. The van der Waals surface area contributed by atoms with Gasteiger partial charge < -0.3 is 14.6 Å². The van der Waals surface area contributed by atoms with Crippen molar-refractivity contribution in [3.63, 3.8) is 0 Å². The van der Waals surface area contributed by atoms with E-state index in [1.54, 1.807) is 13.0 Å². The third kappa shape index (κ3) is 4.53. The highest BCUT2D eigenvalue weighted by molar-refractivity contribution is 5.93. The molecule has 8 heteroatoms. The Morgan fingerprint density at radius 3 is 2.63 bits per heavy atom. The second-order valence-electron chi connectivity index (χ2n) is 6.88. The Balaban J connectivity index is 1.71. The van der Waals surface area contributed by atoms with Crippen molar-refractivity contribution in [1.82, 2.24) is 15.3 Å². The maximum atomic E-state index is 14.5. The lowest BCUT2D eigenvalue weighted by molar-refractivity contribution is -0.118. The smallest absolute Gasteiger partial charge is 0.288 e. The number of aryl methyl sites for hydroxylation is 2. The second-order valence-corrected chi connectivity index (χ2v) is 6.88. The van der Waals surface area contributed by atoms with Gasteiger partial charge in [-0.25, -0.2) is 9.37 Å². The topological polar surface area (TPSA) is 88.3 Å². The van der Waals surface area contributed by atoms with Crippen LogP contribution in [0.15, 0.2) is 40.9 Å². The van der Waals surface area contributed by atoms with E-state index in [9.17, 15) is 14.0 Å². The zero-order chi connectivity index (χ0) is 21.8. The van der Waals surface area contributed by atoms with E-state index >= 15 is 0 Å². The highest BCUT2D eigenvalue weighted by atomic mass is 19.1. The van der Waals surface area contributed by atoms with Gasteiger partial charge >= 0.3 is 0 Å². The summed E-state index contributed by atoms with van der Waals surface area (Å²) >= 11 is 0. The summed E-state index contributed by atoms with van der Waals surface area (Å²) in [7, 11) is 1.52. The van der Waals surface area contributed by atoms with Crippen molar-refractivity contribution >= 4 is 17.5 Å². The number of hydrogen-bond acceptors (Lipinski definition) is 5. The Morgan fingerprint density at radius 1 is 1.20 bits per heavy atom. The van der Waals surface area contributed by atoms with E-state index in [2.05, 4.69) is 15.3 Å². The summed E-state index contributed by atoms with van der Waals surface area (Å²) in [6.07, 6.45) is 1.57. The van der Waals surface area contributed by atoms with Gasteiger partial charge in [0.05, 0.1) is 11.9 Å². The van der Waals surface area contributed by atoms with Crippen LogP contribution >= 0.6 is 0 Å². The molecule has 2 aromatic heterocycles. The molecule has 1 aromatic carbocycles. The van der Waals surface area contributed by atoms with Crippen LogP contribution in [0.2, 0.25) is 0 Å². The minimum absolute atomic E-state index is 0.0190. The predicted octanol–water partition coefficient (Wildman–Crippen LogP) is 3.80. The minimum Gasteiger partial charge on any atom is -0.431 e. The van der Waals surface area contributed by atoms with Crippen molar-refractivity contribution in [2.75, 3.05) is 11.9 Å². The number of pyridine rings is 1. The Bertz CT molecular complexity index is 1090. The predicted molar refractivity (Wildman–Crippen MR) is 110 cm³/mol. The van der Waals surface area contributed by atoms with Crippen LogP contribution in [0.25, 0.3) is 11.5 Å². The summed E-state index contributed by atoms with van der Waals surface area (Å²) in [5.41, 5.74) is 3.18. The van der Waals surface area contributed by atoms with Crippen molar-refractivity contribution in [1.29, 1.82) is 0 Å². The van der Waals surface area contributed by atoms with Gasteiger partial charge in [0, 0.05) is 37.0 Å². The molecule has 2 amide bonds. The second kappa shape index (κ2) is 8.86. The molecule has 0 saturated carbocycles. The number of carbonyl (C=O) groups excluding carboxylic acids is 2. The number of benzene rings is 1. The van der Waals surface area contributed by atoms with Gasteiger partial charge in [-0.15, -0.1) is 0 Å². The van der Waals surface area contributed by atoms with Crippen molar-refractivity contribution in [2.24, 2.45) is 0 Å². The molecule has 0 aliphatic carbocycles. The molecule has 0 unspecified atom stereocenters. The van der Waals surface area contributed by atoms with Gasteiger partial charge in [0.2, 0.25) is 17.6 Å². The number of aromatic nitrogens is 2. The first kappa shape index (κ1) is 21.2. The number of nitrogens with zero attached hydrogens (tertiary/aromatic N) is 3. The van der Waals surface area contributed by atoms with E-state index in [1.165, 1.54) is 30.3 Å². The Kier molecular flexibility index (Phi) is 6.25. The fraction of sp³-hybridized carbons (Fsp3) is 0.273. The van der Waals surface area contributed by atoms with Crippen LogP contribution in [0.4, 0.5) is 10.1 Å². The molecule has 1 N–H and O–H groups in total. The van der Waals surface area contributed by atoms with Crippen LogP contribution in [0.1, 0.15) is 40.9 Å². The summed E-state index contributed by atoms with van der Waals surface area (Å²) < 4.78 is 20.0. The molecule has 2 heterocycles. The number of hydrogen-bond donors (Lipinski definition) is 1. The molecule has 0 radical (unpaired) electrons. The molecule has 0 aliphatic rings. The van der Waals surface area contributed by atoms with E-state index in [4.69, 9.17) is 4.42 Å². The third-order valence-corrected chi connectivity index (χ3v) is 4.74. The van der Waals surface area contributed by atoms with E-state index in [1.807, 2.05) is 26.0 Å². The average molecular weight is 410 g/mol. The molecular formula is C22H23FN4O3. The number of nitrogens with one attached hydrogen (secondary N) is 1. The van der Waals surface area contributed by atoms with Crippen molar-refractivity contribution in [3.8, 4) is 11.5 Å². The Labute approximate surface area is 173 Å². The lowest BCUT2D eigenvalue weighted by atomic mass is 10.2. The van der Waals surface area contributed by atoms with Gasteiger partial charge in [-0.3, -0.25) is 14.6 Å². The van der Waals surface area contributed by atoms with Crippen LogP contribution in [-0.4, -0.2) is 28.8 Å².